The van der Waals surface area contributed by atoms with Gasteiger partial charge in [0, 0.05) is 18.1 Å². The molecule has 0 fully saturated rings. The van der Waals surface area contributed by atoms with E-state index in [9.17, 15) is 9.59 Å². The molecule has 1 unspecified atom stereocenters. The Labute approximate surface area is 119 Å². The van der Waals surface area contributed by atoms with Crippen LogP contribution < -0.4 is 16.4 Å². The molecule has 7 heteroatoms. The second-order valence-corrected chi connectivity index (χ2v) is 4.63. The number of aromatic nitrogens is 4. The number of benzene rings is 1. The lowest BCUT2D eigenvalue weighted by atomic mass is 10.1. The first-order valence-electron chi connectivity index (χ1n) is 6.43. The molecule has 2 aromatic heterocycles. The molecule has 0 aliphatic rings. The minimum Gasteiger partial charge on any atom is -0.376 e. The van der Waals surface area contributed by atoms with Gasteiger partial charge in [-0.2, -0.15) is 0 Å². The van der Waals surface area contributed by atoms with E-state index in [2.05, 4.69) is 25.5 Å². The molecule has 7 nitrogen and oxygen atoms in total. The third kappa shape index (κ3) is 2.40. The van der Waals surface area contributed by atoms with Crippen LogP contribution in [0.4, 0.5) is 5.69 Å². The predicted octanol–water partition coefficient (Wildman–Crippen LogP) is 1.18. The number of H-pyrrole nitrogens is 2. The number of nitrogens with one attached hydrogen (secondary N) is 3. The fraction of sp³-hybridized carbons (Fsp3) is 0.143. The summed E-state index contributed by atoms with van der Waals surface area (Å²) < 4.78 is 0. The van der Waals surface area contributed by atoms with Crippen LogP contribution in [0.3, 0.4) is 0 Å². The van der Waals surface area contributed by atoms with E-state index in [0.717, 1.165) is 5.69 Å². The third-order valence-corrected chi connectivity index (χ3v) is 3.22. The average Bonchev–Trinajstić information content (AvgIpc) is 2.52. The summed E-state index contributed by atoms with van der Waals surface area (Å²) in [5, 5.41) is 8.51. The van der Waals surface area contributed by atoms with Crippen molar-refractivity contribution in [3.05, 3.63) is 63.2 Å². The van der Waals surface area contributed by atoms with Crippen LogP contribution in [0.25, 0.3) is 10.8 Å². The molecule has 0 bridgehead atoms. The van der Waals surface area contributed by atoms with Crippen molar-refractivity contribution in [1.29, 1.82) is 0 Å². The zero-order valence-corrected chi connectivity index (χ0v) is 11.3. The first kappa shape index (κ1) is 13.0. The molecular weight excluding hydrogens is 270 g/mol. The van der Waals surface area contributed by atoms with Crippen molar-refractivity contribution in [3.63, 3.8) is 0 Å². The number of aromatic amines is 2. The van der Waals surface area contributed by atoms with Crippen LogP contribution >= 0.6 is 0 Å². The third-order valence-electron chi connectivity index (χ3n) is 3.22. The molecule has 0 radical (unpaired) electrons. The lowest BCUT2D eigenvalue weighted by molar-refractivity contribution is 0.828. The quantitative estimate of drug-likeness (QED) is 0.669. The second-order valence-electron chi connectivity index (χ2n) is 4.63. The van der Waals surface area contributed by atoms with Crippen LogP contribution in [0.2, 0.25) is 0 Å². The van der Waals surface area contributed by atoms with Gasteiger partial charge in [-0.15, -0.1) is 0 Å². The van der Waals surface area contributed by atoms with Crippen molar-refractivity contribution in [3.8, 4) is 0 Å². The molecule has 3 rings (SSSR count). The van der Waals surface area contributed by atoms with Crippen molar-refractivity contribution >= 4 is 16.5 Å². The molecule has 1 atom stereocenters. The molecule has 0 spiro atoms. The summed E-state index contributed by atoms with van der Waals surface area (Å²) in [4.78, 5) is 32.0. The van der Waals surface area contributed by atoms with E-state index < -0.39 is 0 Å². The van der Waals surface area contributed by atoms with Gasteiger partial charge in [-0.3, -0.25) is 29.8 Å². The summed E-state index contributed by atoms with van der Waals surface area (Å²) in [5.74, 6) is 0. The van der Waals surface area contributed by atoms with Gasteiger partial charge in [-0.1, -0.05) is 6.07 Å². The minimum absolute atomic E-state index is 0.150. The van der Waals surface area contributed by atoms with Gasteiger partial charge in [0.25, 0.3) is 11.1 Å². The largest absolute Gasteiger partial charge is 0.376 e. The number of hydrogen-bond acceptors (Lipinski definition) is 5. The van der Waals surface area contributed by atoms with E-state index in [1.165, 1.54) is 0 Å². The van der Waals surface area contributed by atoms with Crippen LogP contribution in [-0.4, -0.2) is 20.2 Å². The van der Waals surface area contributed by atoms with Crippen LogP contribution in [0.15, 0.2) is 46.4 Å². The predicted molar refractivity (Wildman–Crippen MR) is 79.3 cm³/mol. The number of hydrogen-bond donors (Lipinski definition) is 3. The zero-order chi connectivity index (χ0) is 14.8. The van der Waals surface area contributed by atoms with Crippen LogP contribution in [0.1, 0.15) is 18.7 Å². The summed E-state index contributed by atoms with van der Waals surface area (Å²) in [5.41, 5.74) is 0.647. The van der Waals surface area contributed by atoms with E-state index in [1.807, 2.05) is 6.92 Å². The Kier molecular flexibility index (Phi) is 3.23. The highest BCUT2D eigenvalue weighted by molar-refractivity contribution is 5.92. The highest BCUT2D eigenvalue weighted by Crippen LogP contribution is 2.21. The first-order valence-corrected chi connectivity index (χ1v) is 6.43. The van der Waals surface area contributed by atoms with Gasteiger partial charge in [-0.05, 0) is 19.1 Å². The van der Waals surface area contributed by atoms with Gasteiger partial charge in [0.15, 0.2) is 0 Å². The maximum absolute atomic E-state index is 12.0. The summed E-state index contributed by atoms with van der Waals surface area (Å²) in [7, 11) is 0. The Morgan fingerprint density at radius 1 is 1.14 bits per heavy atom. The summed E-state index contributed by atoms with van der Waals surface area (Å²) >= 11 is 0. The zero-order valence-electron chi connectivity index (χ0n) is 11.3. The second kappa shape index (κ2) is 5.20. The molecular formula is C14H13N5O2. The van der Waals surface area contributed by atoms with Gasteiger partial charge in [-0.25, -0.2) is 0 Å². The Bertz CT molecular complexity index is 885. The number of fused-ring (bicyclic) bond motifs is 1. The molecule has 0 aliphatic carbocycles. The lowest BCUT2D eigenvalue weighted by Gasteiger charge is -2.15. The SMILES string of the molecule is CC(Nc1cccc2c(=O)[nH][nH]c(=O)c12)c1cnccn1. The van der Waals surface area contributed by atoms with E-state index in [1.54, 1.807) is 36.8 Å². The Balaban J connectivity index is 2.08. The highest BCUT2D eigenvalue weighted by atomic mass is 16.1. The smallest absolute Gasteiger partial charge is 0.272 e. The van der Waals surface area contributed by atoms with Gasteiger partial charge in [0.2, 0.25) is 0 Å². The van der Waals surface area contributed by atoms with E-state index in [-0.39, 0.29) is 17.2 Å². The number of anilines is 1. The Morgan fingerprint density at radius 2 is 1.95 bits per heavy atom. The first-order chi connectivity index (χ1) is 10.2. The molecule has 106 valence electrons. The molecule has 21 heavy (non-hydrogen) atoms. The number of nitrogens with zero attached hydrogens (tertiary/aromatic N) is 2. The Hall–Kier alpha value is -2.96. The Morgan fingerprint density at radius 3 is 2.71 bits per heavy atom. The normalized spacial score (nSPS) is 12.2. The standard InChI is InChI=1S/C14H13N5O2/c1-8(11-7-15-5-6-16-11)17-10-4-2-3-9-12(10)14(21)19-18-13(9)20/h2-8,17H,1H3,(H,18,20)(H,19,21). The van der Waals surface area contributed by atoms with Crippen molar-refractivity contribution < 1.29 is 0 Å². The van der Waals surface area contributed by atoms with Crippen LogP contribution in [0, 0.1) is 0 Å². The van der Waals surface area contributed by atoms with E-state index in [0.29, 0.717) is 16.5 Å². The summed E-state index contributed by atoms with van der Waals surface area (Å²) in [6.45, 7) is 1.91. The molecule has 0 amide bonds. The maximum Gasteiger partial charge on any atom is 0.272 e. The van der Waals surface area contributed by atoms with Crippen molar-refractivity contribution in [1.82, 2.24) is 20.2 Å². The monoisotopic (exact) mass is 283 g/mol. The van der Waals surface area contributed by atoms with Crippen LogP contribution in [0.5, 0.6) is 0 Å². The van der Waals surface area contributed by atoms with Gasteiger partial charge >= 0.3 is 0 Å². The van der Waals surface area contributed by atoms with E-state index >= 15 is 0 Å². The van der Waals surface area contributed by atoms with Crippen molar-refractivity contribution in [2.75, 3.05) is 5.32 Å². The number of rotatable bonds is 3. The fourth-order valence-corrected chi connectivity index (χ4v) is 2.19. The molecule has 3 aromatic rings. The minimum atomic E-state index is -0.348. The summed E-state index contributed by atoms with van der Waals surface area (Å²) in [6, 6.07) is 4.94. The fourth-order valence-electron chi connectivity index (χ4n) is 2.19. The van der Waals surface area contributed by atoms with Crippen LogP contribution in [-0.2, 0) is 0 Å². The van der Waals surface area contributed by atoms with Crippen molar-refractivity contribution in [2.24, 2.45) is 0 Å². The van der Waals surface area contributed by atoms with Gasteiger partial charge in [0.05, 0.1) is 28.7 Å². The maximum atomic E-state index is 12.0. The summed E-state index contributed by atoms with van der Waals surface area (Å²) in [6.07, 6.45) is 4.85. The molecule has 0 aliphatic heterocycles. The highest BCUT2D eigenvalue weighted by Gasteiger charge is 2.12. The average molecular weight is 283 g/mol. The molecule has 1 aromatic carbocycles. The van der Waals surface area contributed by atoms with Crippen molar-refractivity contribution in [2.45, 2.75) is 13.0 Å². The van der Waals surface area contributed by atoms with Gasteiger partial charge < -0.3 is 5.32 Å². The van der Waals surface area contributed by atoms with Gasteiger partial charge in [0.1, 0.15) is 0 Å². The molecule has 0 saturated carbocycles. The van der Waals surface area contributed by atoms with E-state index in [4.69, 9.17) is 0 Å². The molecule has 3 N–H and O–H groups in total. The molecule has 0 saturated heterocycles. The molecule has 2 heterocycles. The lowest BCUT2D eigenvalue weighted by Crippen LogP contribution is -2.20. The topological polar surface area (TPSA) is 104 Å².